The molecule has 0 saturated carbocycles. The van der Waals surface area contributed by atoms with Crippen LogP contribution in [0.15, 0.2) is 12.4 Å². The summed E-state index contributed by atoms with van der Waals surface area (Å²) in [7, 11) is 1.90. The van der Waals surface area contributed by atoms with E-state index >= 15 is 0 Å². The Morgan fingerprint density at radius 2 is 0.962 bits per heavy atom. The van der Waals surface area contributed by atoms with Crippen LogP contribution in [0.2, 0.25) is 0 Å². The molecule has 0 aromatic rings. The van der Waals surface area contributed by atoms with E-state index in [9.17, 15) is 9.59 Å². The zero-order chi connectivity index (χ0) is 38.2. The topological polar surface area (TPSA) is 79.9 Å². The van der Waals surface area contributed by atoms with Gasteiger partial charge in [0.1, 0.15) is 6.10 Å². The van der Waals surface area contributed by atoms with Gasteiger partial charge in [-0.2, -0.15) is 0 Å². The second-order valence-corrected chi connectivity index (χ2v) is 15.4. The number of carbonyl (C=O) groups excluding carboxylic acids is 2. The highest BCUT2D eigenvalue weighted by atomic mass is 16.5. The third kappa shape index (κ3) is 36.6. The number of rotatable bonds is 42. The Morgan fingerprint density at radius 3 is 1.50 bits per heavy atom. The highest BCUT2D eigenvalue weighted by Gasteiger charge is 2.14. The molecule has 0 radical (unpaired) electrons. The quantitative estimate of drug-likeness (QED) is 0.0477. The lowest BCUT2D eigenvalue weighted by atomic mass is 10.0. The minimum absolute atomic E-state index is 0.0167. The molecule has 0 aromatic carbocycles. The minimum atomic E-state index is -0.0167. The molecule has 0 amide bonds. The Morgan fingerprint density at radius 1 is 0.538 bits per heavy atom. The second-order valence-electron chi connectivity index (χ2n) is 15.4. The third-order valence-corrected chi connectivity index (χ3v) is 10.3. The number of nitrogens with zero attached hydrogens (tertiary/aromatic N) is 1. The molecule has 7 heteroatoms. The van der Waals surface area contributed by atoms with Crippen molar-refractivity contribution in [1.29, 1.82) is 0 Å². The number of unbranched alkanes of at least 4 members (excludes halogenated alkanes) is 21. The fourth-order valence-corrected chi connectivity index (χ4v) is 6.83. The van der Waals surface area contributed by atoms with E-state index in [2.05, 4.69) is 42.9 Å². The lowest BCUT2D eigenvalue weighted by Crippen LogP contribution is -2.30. The fourth-order valence-electron chi connectivity index (χ4n) is 6.83. The highest BCUT2D eigenvalue weighted by molar-refractivity contribution is 5.69. The summed E-state index contributed by atoms with van der Waals surface area (Å²) in [5.74, 6) is 0.882. The van der Waals surface area contributed by atoms with Crippen molar-refractivity contribution < 1.29 is 19.1 Å². The highest BCUT2D eigenvalue weighted by Crippen LogP contribution is 2.18. The van der Waals surface area contributed by atoms with Crippen LogP contribution in [-0.4, -0.2) is 62.8 Å². The number of ether oxygens (including phenoxy) is 2. The van der Waals surface area contributed by atoms with Crippen LogP contribution in [0.4, 0.5) is 0 Å². The van der Waals surface area contributed by atoms with Crippen LogP contribution in [0, 0.1) is 0 Å². The molecular formula is C45H89N3O4. The molecule has 0 fully saturated rings. The van der Waals surface area contributed by atoms with Crippen LogP contribution in [0.25, 0.3) is 0 Å². The van der Waals surface area contributed by atoms with Crippen molar-refractivity contribution in [1.82, 2.24) is 15.5 Å². The van der Waals surface area contributed by atoms with Gasteiger partial charge in [-0.15, -0.1) is 0 Å². The van der Waals surface area contributed by atoms with Crippen molar-refractivity contribution >= 4 is 11.9 Å². The van der Waals surface area contributed by atoms with E-state index in [1.165, 1.54) is 135 Å². The first-order valence-corrected chi connectivity index (χ1v) is 22.6. The monoisotopic (exact) mass is 736 g/mol. The van der Waals surface area contributed by atoms with Gasteiger partial charge in [0.25, 0.3) is 0 Å². The maximum atomic E-state index is 12.7. The molecule has 0 bridgehead atoms. The molecule has 52 heavy (non-hydrogen) atoms. The normalized spacial score (nSPS) is 11.9. The SMILES string of the molecule is C=C(NC)NCCCN(CCCCCCCC(=O)OCCCCCCCCC)CCCCCCCC(=O)OC(CCCCCC)CCCCCCC. The lowest BCUT2D eigenvalue weighted by Gasteiger charge is -2.23. The summed E-state index contributed by atoms with van der Waals surface area (Å²) in [6.07, 6.45) is 35.7. The summed E-state index contributed by atoms with van der Waals surface area (Å²) in [5.41, 5.74) is 0. The van der Waals surface area contributed by atoms with Gasteiger partial charge in [0, 0.05) is 26.4 Å². The number of esters is 2. The van der Waals surface area contributed by atoms with Crippen molar-refractivity contribution in [2.45, 2.75) is 226 Å². The molecule has 0 spiro atoms. The Kier molecular flexibility index (Phi) is 39.1. The average Bonchev–Trinajstić information content (AvgIpc) is 3.14. The van der Waals surface area contributed by atoms with E-state index < -0.39 is 0 Å². The van der Waals surface area contributed by atoms with Gasteiger partial charge < -0.3 is 25.0 Å². The van der Waals surface area contributed by atoms with Gasteiger partial charge in [0.2, 0.25) is 0 Å². The molecular weight excluding hydrogens is 647 g/mol. The molecule has 2 N–H and O–H groups in total. The zero-order valence-electron chi connectivity index (χ0n) is 35.3. The molecule has 0 aromatic heterocycles. The first kappa shape index (κ1) is 50.2. The van der Waals surface area contributed by atoms with Gasteiger partial charge in [-0.25, -0.2) is 0 Å². The molecule has 1 atom stereocenters. The Hall–Kier alpha value is -1.76. The van der Waals surface area contributed by atoms with E-state index in [1.807, 2.05) is 7.05 Å². The maximum Gasteiger partial charge on any atom is 0.306 e. The van der Waals surface area contributed by atoms with Crippen LogP contribution >= 0.6 is 0 Å². The van der Waals surface area contributed by atoms with Crippen molar-refractivity contribution in [3.63, 3.8) is 0 Å². The van der Waals surface area contributed by atoms with Crippen LogP contribution < -0.4 is 10.6 Å². The summed E-state index contributed by atoms with van der Waals surface area (Å²) in [5, 5.41) is 6.42. The molecule has 0 rings (SSSR count). The summed E-state index contributed by atoms with van der Waals surface area (Å²) in [6, 6.07) is 0. The van der Waals surface area contributed by atoms with E-state index in [0.717, 1.165) is 83.4 Å². The smallest absolute Gasteiger partial charge is 0.306 e. The third-order valence-electron chi connectivity index (χ3n) is 10.3. The largest absolute Gasteiger partial charge is 0.466 e. The minimum Gasteiger partial charge on any atom is -0.466 e. The van der Waals surface area contributed by atoms with E-state index in [4.69, 9.17) is 9.47 Å². The fraction of sp³-hybridized carbons (Fsp3) is 0.911. The van der Waals surface area contributed by atoms with Crippen LogP contribution in [0.3, 0.4) is 0 Å². The van der Waals surface area contributed by atoms with Crippen molar-refractivity contribution in [3.05, 3.63) is 12.4 Å². The van der Waals surface area contributed by atoms with Gasteiger partial charge >= 0.3 is 11.9 Å². The van der Waals surface area contributed by atoms with Crippen LogP contribution in [0.1, 0.15) is 220 Å². The van der Waals surface area contributed by atoms with Crippen molar-refractivity contribution in [3.8, 4) is 0 Å². The number of nitrogens with one attached hydrogen (secondary N) is 2. The Bertz CT molecular complexity index is 793. The van der Waals surface area contributed by atoms with Crippen molar-refractivity contribution in [2.24, 2.45) is 0 Å². The molecule has 7 nitrogen and oxygen atoms in total. The summed E-state index contributed by atoms with van der Waals surface area (Å²) < 4.78 is 11.4. The number of carbonyl (C=O) groups is 2. The van der Waals surface area contributed by atoms with Gasteiger partial charge in [-0.3, -0.25) is 9.59 Å². The Labute approximate surface area is 324 Å². The summed E-state index contributed by atoms with van der Waals surface area (Å²) in [6.45, 7) is 15.6. The van der Waals surface area contributed by atoms with Gasteiger partial charge in [-0.1, -0.05) is 149 Å². The predicted molar refractivity (Wildman–Crippen MR) is 224 cm³/mol. The van der Waals surface area contributed by atoms with Gasteiger partial charge in [0.05, 0.1) is 12.4 Å². The van der Waals surface area contributed by atoms with Crippen LogP contribution in [0.5, 0.6) is 0 Å². The molecule has 0 heterocycles. The average molecular weight is 736 g/mol. The number of hydrogen-bond donors (Lipinski definition) is 2. The van der Waals surface area contributed by atoms with E-state index in [0.29, 0.717) is 19.4 Å². The molecule has 0 aliphatic carbocycles. The standard InChI is InChI=1S/C45H89N3O4/c1-6-9-12-15-16-24-31-41-51-44(49)35-27-20-17-22-29-38-48(40-32-37-47-42(4)46-5)39-30-23-18-21-28-36-45(50)52-43(33-25-14-11-8-3)34-26-19-13-10-7-2/h43,46-47H,4,6-41H2,1-3,5H3. The number of hydrogen-bond acceptors (Lipinski definition) is 7. The van der Waals surface area contributed by atoms with Gasteiger partial charge in [-0.05, 0) is 83.8 Å². The molecule has 1 unspecified atom stereocenters. The second kappa shape index (κ2) is 40.4. The molecule has 0 aliphatic rings. The first-order chi connectivity index (χ1) is 25.5. The first-order valence-electron chi connectivity index (χ1n) is 22.6. The van der Waals surface area contributed by atoms with E-state index in [-0.39, 0.29) is 18.0 Å². The zero-order valence-corrected chi connectivity index (χ0v) is 35.3. The summed E-state index contributed by atoms with van der Waals surface area (Å²) in [4.78, 5) is 27.4. The van der Waals surface area contributed by atoms with E-state index in [1.54, 1.807) is 0 Å². The van der Waals surface area contributed by atoms with Crippen LogP contribution in [-0.2, 0) is 19.1 Å². The lowest BCUT2D eigenvalue weighted by molar-refractivity contribution is -0.150. The predicted octanol–water partition coefficient (Wildman–Crippen LogP) is 12.2. The summed E-state index contributed by atoms with van der Waals surface area (Å²) >= 11 is 0. The molecule has 0 aliphatic heterocycles. The molecule has 0 saturated heterocycles. The maximum absolute atomic E-state index is 12.7. The molecule has 308 valence electrons. The van der Waals surface area contributed by atoms with Gasteiger partial charge in [0.15, 0.2) is 0 Å². The Balaban J connectivity index is 4.22. The van der Waals surface area contributed by atoms with Crippen molar-refractivity contribution in [2.75, 3.05) is 39.8 Å².